The highest BCUT2D eigenvalue weighted by molar-refractivity contribution is 5.95. The van der Waals surface area contributed by atoms with E-state index in [9.17, 15) is 9.18 Å². The van der Waals surface area contributed by atoms with Gasteiger partial charge in [-0.1, -0.05) is 0 Å². The van der Waals surface area contributed by atoms with Crippen LogP contribution in [0.4, 0.5) is 4.39 Å². The highest BCUT2D eigenvalue weighted by Gasteiger charge is 2.07. The molecule has 1 aromatic carbocycles. The third-order valence-electron chi connectivity index (χ3n) is 2.25. The summed E-state index contributed by atoms with van der Waals surface area (Å²) >= 11 is 0. The normalized spacial score (nSPS) is 10.4. The number of aryl methyl sites for hydroxylation is 1. The molecule has 0 unspecified atom stereocenters. The van der Waals surface area contributed by atoms with Gasteiger partial charge in [0.05, 0.1) is 5.69 Å². The summed E-state index contributed by atoms with van der Waals surface area (Å²) in [6.45, 7) is 2.04. The minimum atomic E-state index is -0.341. The smallest absolute Gasteiger partial charge is 0.184 e. The third kappa shape index (κ3) is 2.34. The van der Waals surface area contributed by atoms with E-state index in [1.807, 2.05) is 13.0 Å². The molecule has 4 heteroatoms. The molecule has 0 radical (unpaired) electrons. The zero-order valence-corrected chi connectivity index (χ0v) is 8.85. The molecule has 0 bridgehead atoms. The molecular formula is C12H11FN2O. The predicted octanol–water partition coefficient (Wildman–Crippen LogP) is 2.21. The highest BCUT2D eigenvalue weighted by Crippen LogP contribution is 2.05. The van der Waals surface area contributed by atoms with E-state index in [2.05, 4.69) is 5.10 Å². The average molecular weight is 218 g/mol. The highest BCUT2D eigenvalue weighted by atomic mass is 19.1. The van der Waals surface area contributed by atoms with Crippen LogP contribution in [-0.2, 0) is 6.54 Å². The summed E-state index contributed by atoms with van der Waals surface area (Å²) in [6, 6.07) is 7.35. The predicted molar refractivity (Wildman–Crippen MR) is 57.7 cm³/mol. The third-order valence-corrected chi connectivity index (χ3v) is 2.25. The molecule has 0 aliphatic heterocycles. The topological polar surface area (TPSA) is 34.9 Å². The van der Waals surface area contributed by atoms with Crippen LogP contribution in [0.2, 0.25) is 0 Å². The SMILES string of the molecule is Cc1ccn(CC(=O)c2ccc(F)cc2)n1. The van der Waals surface area contributed by atoms with Gasteiger partial charge in [0.25, 0.3) is 0 Å². The second kappa shape index (κ2) is 4.26. The first-order valence-electron chi connectivity index (χ1n) is 4.94. The Balaban J connectivity index is 2.11. The fraction of sp³-hybridized carbons (Fsp3) is 0.167. The molecular weight excluding hydrogens is 207 g/mol. The van der Waals surface area contributed by atoms with Crippen LogP contribution in [0.15, 0.2) is 36.5 Å². The van der Waals surface area contributed by atoms with Crippen LogP contribution in [0.25, 0.3) is 0 Å². The standard InChI is InChI=1S/C12H11FN2O/c1-9-6-7-15(14-9)8-12(16)10-2-4-11(13)5-3-10/h2-7H,8H2,1H3. The van der Waals surface area contributed by atoms with E-state index < -0.39 is 0 Å². The average Bonchev–Trinajstić information content (AvgIpc) is 2.65. The number of halogens is 1. The van der Waals surface area contributed by atoms with Crippen molar-refractivity contribution < 1.29 is 9.18 Å². The van der Waals surface area contributed by atoms with Crippen molar-refractivity contribution in [3.05, 3.63) is 53.6 Å². The second-order valence-electron chi connectivity index (χ2n) is 3.58. The Morgan fingerprint density at radius 3 is 2.56 bits per heavy atom. The van der Waals surface area contributed by atoms with Gasteiger partial charge in [0.15, 0.2) is 5.78 Å². The maximum Gasteiger partial charge on any atom is 0.184 e. The number of benzene rings is 1. The van der Waals surface area contributed by atoms with Crippen LogP contribution in [0.5, 0.6) is 0 Å². The Morgan fingerprint density at radius 2 is 2.00 bits per heavy atom. The quantitative estimate of drug-likeness (QED) is 0.740. The van der Waals surface area contributed by atoms with Crippen molar-refractivity contribution in [3.8, 4) is 0 Å². The van der Waals surface area contributed by atoms with Crippen LogP contribution in [0, 0.1) is 12.7 Å². The lowest BCUT2D eigenvalue weighted by molar-refractivity contribution is 0.0967. The molecule has 16 heavy (non-hydrogen) atoms. The van der Waals surface area contributed by atoms with Crippen LogP contribution in [0.1, 0.15) is 16.1 Å². The van der Waals surface area contributed by atoms with Crippen molar-refractivity contribution >= 4 is 5.78 Å². The van der Waals surface area contributed by atoms with Gasteiger partial charge in [0.1, 0.15) is 12.4 Å². The molecule has 3 nitrogen and oxygen atoms in total. The van der Waals surface area contributed by atoms with Crippen LogP contribution >= 0.6 is 0 Å². The number of carbonyl (C=O) groups is 1. The number of rotatable bonds is 3. The molecule has 0 aliphatic rings. The molecule has 0 fully saturated rings. The molecule has 0 atom stereocenters. The van der Waals surface area contributed by atoms with E-state index in [4.69, 9.17) is 0 Å². The number of Topliss-reactive ketones (excluding diaryl/α,β-unsaturated/α-hetero) is 1. The lowest BCUT2D eigenvalue weighted by atomic mass is 10.1. The van der Waals surface area contributed by atoms with E-state index in [0.29, 0.717) is 5.56 Å². The number of nitrogens with zero attached hydrogens (tertiary/aromatic N) is 2. The van der Waals surface area contributed by atoms with Crippen molar-refractivity contribution in [2.24, 2.45) is 0 Å². The summed E-state index contributed by atoms with van der Waals surface area (Å²) in [4.78, 5) is 11.8. The van der Waals surface area contributed by atoms with Gasteiger partial charge in [-0.05, 0) is 37.3 Å². The van der Waals surface area contributed by atoms with E-state index in [0.717, 1.165) is 5.69 Å². The Bertz CT molecular complexity index is 502. The number of hydrogen-bond acceptors (Lipinski definition) is 2. The zero-order chi connectivity index (χ0) is 11.5. The lowest BCUT2D eigenvalue weighted by Gasteiger charge is -2.01. The van der Waals surface area contributed by atoms with Crippen LogP contribution < -0.4 is 0 Å². The number of hydrogen-bond donors (Lipinski definition) is 0. The first-order chi connectivity index (χ1) is 7.65. The fourth-order valence-electron chi connectivity index (χ4n) is 1.43. The number of ketones is 1. The molecule has 0 N–H and O–H groups in total. The largest absolute Gasteiger partial charge is 0.292 e. The summed E-state index contributed by atoms with van der Waals surface area (Å²) in [5.74, 6) is -0.422. The van der Waals surface area contributed by atoms with Gasteiger partial charge in [-0.15, -0.1) is 0 Å². The van der Waals surface area contributed by atoms with Crippen molar-refractivity contribution in [2.75, 3.05) is 0 Å². The molecule has 2 rings (SSSR count). The summed E-state index contributed by atoms with van der Waals surface area (Å²) in [5, 5.41) is 4.12. The molecule has 2 aromatic rings. The molecule has 0 saturated carbocycles. The summed E-state index contributed by atoms with van der Waals surface area (Å²) in [5.41, 5.74) is 1.36. The molecule has 0 saturated heterocycles. The maximum absolute atomic E-state index is 12.7. The molecule has 1 heterocycles. The maximum atomic E-state index is 12.7. The van der Waals surface area contributed by atoms with Gasteiger partial charge in [0, 0.05) is 11.8 Å². The lowest BCUT2D eigenvalue weighted by Crippen LogP contribution is -2.10. The second-order valence-corrected chi connectivity index (χ2v) is 3.58. The Hall–Kier alpha value is -1.97. The Morgan fingerprint density at radius 1 is 1.31 bits per heavy atom. The zero-order valence-electron chi connectivity index (χ0n) is 8.85. The first-order valence-corrected chi connectivity index (χ1v) is 4.94. The number of carbonyl (C=O) groups excluding carboxylic acids is 1. The summed E-state index contributed by atoms with van der Waals surface area (Å²) < 4.78 is 14.2. The first kappa shape index (κ1) is 10.5. The van der Waals surface area contributed by atoms with Gasteiger partial charge in [-0.25, -0.2) is 4.39 Å². The Labute approximate surface area is 92.5 Å². The molecule has 0 amide bonds. The molecule has 82 valence electrons. The van der Waals surface area contributed by atoms with Crippen LogP contribution in [0.3, 0.4) is 0 Å². The van der Waals surface area contributed by atoms with Gasteiger partial charge in [-0.2, -0.15) is 5.10 Å². The van der Waals surface area contributed by atoms with Crippen molar-refractivity contribution in [1.29, 1.82) is 0 Å². The van der Waals surface area contributed by atoms with Gasteiger partial charge < -0.3 is 0 Å². The van der Waals surface area contributed by atoms with E-state index in [1.54, 1.807) is 10.9 Å². The molecule has 0 aliphatic carbocycles. The van der Waals surface area contributed by atoms with Crippen molar-refractivity contribution in [2.45, 2.75) is 13.5 Å². The summed E-state index contributed by atoms with van der Waals surface area (Å²) in [7, 11) is 0. The molecule has 0 spiro atoms. The van der Waals surface area contributed by atoms with E-state index in [1.165, 1.54) is 24.3 Å². The van der Waals surface area contributed by atoms with E-state index in [-0.39, 0.29) is 18.1 Å². The minimum Gasteiger partial charge on any atom is -0.292 e. The van der Waals surface area contributed by atoms with Crippen LogP contribution in [-0.4, -0.2) is 15.6 Å². The van der Waals surface area contributed by atoms with Crippen molar-refractivity contribution in [1.82, 2.24) is 9.78 Å². The fourth-order valence-corrected chi connectivity index (χ4v) is 1.43. The summed E-state index contributed by atoms with van der Waals surface area (Å²) in [6.07, 6.45) is 1.75. The monoisotopic (exact) mass is 218 g/mol. The van der Waals surface area contributed by atoms with Crippen molar-refractivity contribution in [3.63, 3.8) is 0 Å². The number of aromatic nitrogens is 2. The van der Waals surface area contributed by atoms with Gasteiger partial charge >= 0.3 is 0 Å². The van der Waals surface area contributed by atoms with E-state index >= 15 is 0 Å². The Kier molecular flexibility index (Phi) is 2.81. The molecule has 1 aromatic heterocycles. The van der Waals surface area contributed by atoms with Gasteiger partial charge in [0.2, 0.25) is 0 Å². The minimum absolute atomic E-state index is 0.0805. The van der Waals surface area contributed by atoms with Gasteiger partial charge in [-0.3, -0.25) is 9.48 Å².